The number of nitriles is 1. The molecule has 0 aromatic heterocycles. The molecule has 4 nitrogen and oxygen atoms in total. The van der Waals surface area contributed by atoms with Gasteiger partial charge in [-0.3, -0.25) is 0 Å². The molecule has 0 aliphatic carbocycles. The second kappa shape index (κ2) is 3.50. The molecule has 0 bridgehead atoms. The summed E-state index contributed by atoms with van der Waals surface area (Å²) in [5.41, 5.74) is 0. The number of rotatable bonds is 2. The number of hydrogen-bond acceptors (Lipinski definition) is 3. The van der Waals surface area contributed by atoms with Crippen molar-refractivity contribution in [2.75, 3.05) is 7.11 Å². The average Bonchev–Trinajstić information content (AvgIpc) is 1.82. The molecule has 0 aliphatic heterocycles. The zero-order valence-electron chi connectivity index (χ0n) is 4.79. The summed E-state index contributed by atoms with van der Waals surface area (Å²) >= 11 is 0. The van der Waals surface area contributed by atoms with Crippen LogP contribution in [0.3, 0.4) is 0 Å². The molecule has 0 radical (unpaired) electrons. The first-order valence-corrected chi connectivity index (χ1v) is 2.09. The number of hydrogen-bond donors (Lipinski definition) is 1. The minimum Gasteiger partial charge on any atom is -0.489 e. The Labute approximate surface area is 52.0 Å². The molecule has 48 valence electrons. The van der Waals surface area contributed by atoms with Gasteiger partial charge in [0.2, 0.25) is 5.76 Å². The molecule has 0 aromatic carbocycles. The van der Waals surface area contributed by atoms with Crippen molar-refractivity contribution in [3.63, 3.8) is 0 Å². The number of methoxy groups -OCH3 is 1. The number of carbonyl (C=O) groups is 1. The summed E-state index contributed by atoms with van der Waals surface area (Å²) in [5.74, 6) is -1.59. The van der Waals surface area contributed by atoms with Crippen molar-refractivity contribution in [3.8, 4) is 6.07 Å². The zero-order chi connectivity index (χ0) is 7.28. The molecule has 0 heterocycles. The Kier molecular flexibility index (Phi) is 2.91. The summed E-state index contributed by atoms with van der Waals surface area (Å²) in [4.78, 5) is 9.98. The van der Waals surface area contributed by atoms with Crippen LogP contribution in [0.5, 0.6) is 0 Å². The second-order valence-corrected chi connectivity index (χ2v) is 1.15. The van der Waals surface area contributed by atoms with Gasteiger partial charge in [0.15, 0.2) is 0 Å². The molecule has 0 aromatic rings. The van der Waals surface area contributed by atoms with Crippen molar-refractivity contribution >= 4 is 5.97 Å². The van der Waals surface area contributed by atoms with Gasteiger partial charge < -0.3 is 9.84 Å². The predicted octanol–water partition coefficient (Wildman–Crippen LogP) is 0.125. The van der Waals surface area contributed by atoms with Crippen molar-refractivity contribution in [2.24, 2.45) is 0 Å². The van der Waals surface area contributed by atoms with E-state index in [1.807, 2.05) is 0 Å². The average molecular weight is 127 g/mol. The predicted molar refractivity (Wildman–Crippen MR) is 28.3 cm³/mol. The smallest absolute Gasteiger partial charge is 0.371 e. The molecule has 0 amide bonds. The van der Waals surface area contributed by atoms with E-state index < -0.39 is 5.97 Å². The van der Waals surface area contributed by atoms with Crippen LogP contribution in [0.1, 0.15) is 0 Å². The molecular weight excluding hydrogens is 122 g/mol. The van der Waals surface area contributed by atoms with Crippen molar-refractivity contribution in [1.82, 2.24) is 0 Å². The van der Waals surface area contributed by atoms with Gasteiger partial charge in [0.05, 0.1) is 19.3 Å². The molecule has 0 spiro atoms. The van der Waals surface area contributed by atoms with Crippen molar-refractivity contribution in [1.29, 1.82) is 5.26 Å². The first-order chi connectivity index (χ1) is 4.22. The Morgan fingerprint density at radius 3 is 2.56 bits per heavy atom. The van der Waals surface area contributed by atoms with Gasteiger partial charge in [-0.15, -0.1) is 0 Å². The van der Waals surface area contributed by atoms with Gasteiger partial charge in [-0.1, -0.05) is 0 Å². The standard InChI is InChI=1S/C5H5NO3/c1-9-4(2-3-6)5(7)8/h2H,1H3,(H,7,8)/b4-2+. The largest absolute Gasteiger partial charge is 0.489 e. The first-order valence-electron chi connectivity index (χ1n) is 2.09. The van der Waals surface area contributed by atoms with E-state index in [1.54, 1.807) is 0 Å². The van der Waals surface area contributed by atoms with Crippen LogP contribution in [0.25, 0.3) is 0 Å². The van der Waals surface area contributed by atoms with E-state index in [4.69, 9.17) is 10.4 Å². The van der Waals surface area contributed by atoms with E-state index in [0.717, 1.165) is 6.08 Å². The highest BCUT2D eigenvalue weighted by Crippen LogP contribution is 1.92. The maximum absolute atomic E-state index is 9.98. The lowest BCUT2D eigenvalue weighted by Gasteiger charge is -1.93. The molecular formula is C5H5NO3. The summed E-state index contributed by atoms with van der Waals surface area (Å²) in [6.45, 7) is 0. The SMILES string of the molecule is CO/C(=C/C#N)C(=O)O. The van der Waals surface area contributed by atoms with Crippen LogP contribution in [-0.2, 0) is 9.53 Å². The maximum Gasteiger partial charge on any atom is 0.371 e. The number of carboxylic acids is 1. The fourth-order valence-corrected chi connectivity index (χ4v) is 0.267. The molecule has 0 saturated heterocycles. The Morgan fingerprint density at radius 1 is 1.89 bits per heavy atom. The number of carboxylic acid groups (broad SMARTS) is 1. The Morgan fingerprint density at radius 2 is 2.44 bits per heavy atom. The highest BCUT2D eigenvalue weighted by Gasteiger charge is 2.03. The van der Waals surface area contributed by atoms with Crippen molar-refractivity contribution < 1.29 is 14.6 Å². The Balaban J connectivity index is 4.20. The third-order valence-corrected chi connectivity index (χ3v) is 0.626. The highest BCUT2D eigenvalue weighted by atomic mass is 16.5. The van der Waals surface area contributed by atoms with E-state index in [0.29, 0.717) is 0 Å². The monoisotopic (exact) mass is 127 g/mol. The molecule has 0 unspecified atom stereocenters. The number of ether oxygens (including phenoxy) is 1. The van der Waals surface area contributed by atoms with E-state index in [1.165, 1.54) is 13.2 Å². The van der Waals surface area contributed by atoms with Gasteiger partial charge in [-0.05, 0) is 0 Å². The summed E-state index contributed by atoms with van der Waals surface area (Å²) in [6, 6.07) is 1.53. The van der Waals surface area contributed by atoms with E-state index in [9.17, 15) is 4.79 Å². The van der Waals surface area contributed by atoms with E-state index in [2.05, 4.69) is 4.74 Å². The number of nitrogens with zero attached hydrogens (tertiary/aromatic N) is 1. The van der Waals surface area contributed by atoms with Crippen LogP contribution in [-0.4, -0.2) is 18.2 Å². The van der Waals surface area contributed by atoms with Gasteiger partial charge in [-0.2, -0.15) is 5.26 Å². The van der Waals surface area contributed by atoms with Crippen LogP contribution in [0, 0.1) is 11.3 Å². The molecule has 0 rings (SSSR count). The van der Waals surface area contributed by atoms with Crippen LogP contribution in [0.4, 0.5) is 0 Å². The lowest BCUT2D eigenvalue weighted by Crippen LogP contribution is -2.01. The van der Waals surface area contributed by atoms with Crippen molar-refractivity contribution in [3.05, 3.63) is 11.8 Å². The lowest BCUT2D eigenvalue weighted by molar-refractivity contribution is -0.136. The van der Waals surface area contributed by atoms with Crippen LogP contribution in [0.2, 0.25) is 0 Å². The van der Waals surface area contributed by atoms with Crippen molar-refractivity contribution in [2.45, 2.75) is 0 Å². The van der Waals surface area contributed by atoms with Crippen LogP contribution in [0.15, 0.2) is 11.8 Å². The quantitative estimate of drug-likeness (QED) is 0.325. The molecule has 9 heavy (non-hydrogen) atoms. The molecule has 0 fully saturated rings. The fourth-order valence-electron chi connectivity index (χ4n) is 0.267. The van der Waals surface area contributed by atoms with Crippen LogP contribution >= 0.6 is 0 Å². The van der Waals surface area contributed by atoms with Gasteiger partial charge in [0.25, 0.3) is 0 Å². The summed E-state index contributed by atoms with van der Waals surface area (Å²) in [5, 5.41) is 16.1. The molecule has 1 N–H and O–H groups in total. The summed E-state index contributed by atoms with van der Waals surface area (Å²) in [7, 11) is 1.19. The Hall–Kier alpha value is -1.50. The molecule has 0 aliphatic rings. The normalized spacial score (nSPS) is 10.0. The van der Waals surface area contributed by atoms with Gasteiger partial charge in [0, 0.05) is 0 Å². The third kappa shape index (κ3) is 2.34. The topological polar surface area (TPSA) is 70.3 Å². The van der Waals surface area contributed by atoms with Gasteiger partial charge in [-0.25, -0.2) is 4.79 Å². The maximum atomic E-state index is 9.98. The third-order valence-electron chi connectivity index (χ3n) is 0.626. The molecule has 4 heteroatoms. The summed E-state index contributed by atoms with van der Waals surface area (Å²) < 4.78 is 4.29. The fraction of sp³-hybridized carbons (Fsp3) is 0.200. The lowest BCUT2D eigenvalue weighted by atomic mass is 10.5. The Bertz CT molecular complexity index is 177. The number of aliphatic carboxylic acids is 1. The summed E-state index contributed by atoms with van der Waals surface area (Å²) in [6.07, 6.45) is 0.822. The molecule has 0 atom stereocenters. The van der Waals surface area contributed by atoms with Gasteiger partial charge in [0.1, 0.15) is 0 Å². The van der Waals surface area contributed by atoms with Crippen LogP contribution < -0.4 is 0 Å². The number of allylic oxidation sites excluding steroid dienone is 1. The second-order valence-electron chi connectivity index (χ2n) is 1.15. The minimum atomic E-state index is -1.24. The highest BCUT2D eigenvalue weighted by molar-refractivity contribution is 5.84. The molecule has 0 saturated carbocycles. The van der Waals surface area contributed by atoms with Gasteiger partial charge >= 0.3 is 5.97 Å². The van der Waals surface area contributed by atoms with E-state index in [-0.39, 0.29) is 5.76 Å². The van der Waals surface area contributed by atoms with E-state index >= 15 is 0 Å². The first kappa shape index (κ1) is 7.50. The minimum absolute atomic E-state index is 0.350. The zero-order valence-corrected chi connectivity index (χ0v) is 4.79.